The lowest BCUT2D eigenvalue weighted by atomic mass is 9.53. The third-order valence-electron chi connectivity index (χ3n) is 8.41. The third-order valence-corrected chi connectivity index (χ3v) is 8.41. The first-order valence-electron chi connectivity index (χ1n) is 13.4. The molecule has 0 aromatic heterocycles. The molecule has 4 heteroatoms. The minimum atomic E-state index is -0.592. The molecule has 0 amide bonds. The molecule has 0 saturated heterocycles. The molecule has 0 fully saturated rings. The topological polar surface area (TPSA) is 66.2 Å². The van der Waals surface area contributed by atoms with E-state index in [0.717, 1.165) is 16.9 Å². The molecule has 2 aliphatic rings. The van der Waals surface area contributed by atoms with Gasteiger partial charge in [-0.2, -0.15) is 0 Å². The Morgan fingerprint density at radius 1 is 0.525 bits per heavy atom. The van der Waals surface area contributed by atoms with Gasteiger partial charge in [0.2, 0.25) is 11.8 Å². The van der Waals surface area contributed by atoms with Crippen molar-refractivity contribution in [2.24, 2.45) is 0 Å². The molecule has 0 atom stereocenters. The summed E-state index contributed by atoms with van der Waals surface area (Å²) in [5.74, 6) is 1.31. The predicted molar refractivity (Wildman–Crippen MR) is 158 cm³/mol. The molecule has 1 aliphatic carbocycles. The molecule has 40 heavy (non-hydrogen) atoms. The standard InChI is InChI=1S/C36H28N2O2/c1-35(2)25-14-6-8-16-27(25)36(28-17-9-7-15-26(28)35)29-18-10-11-19-31(29)39-32-22-24(20-21-30(32)36)34(38)40-33(37)23-12-4-3-5-13-23/h3-22,37-38H,1-2H3. The van der Waals surface area contributed by atoms with E-state index < -0.39 is 5.41 Å². The van der Waals surface area contributed by atoms with E-state index in [1.165, 1.54) is 22.3 Å². The molecule has 0 saturated carbocycles. The second-order valence-electron chi connectivity index (χ2n) is 10.9. The summed E-state index contributed by atoms with van der Waals surface area (Å²) in [6, 6.07) is 40.8. The van der Waals surface area contributed by atoms with Crippen molar-refractivity contribution in [3.63, 3.8) is 0 Å². The van der Waals surface area contributed by atoms with Gasteiger partial charge in [-0.05, 0) is 52.6 Å². The molecule has 5 aromatic rings. The van der Waals surface area contributed by atoms with Gasteiger partial charge in [0.1, 0.15) is 11.5 Å². The summed E-state index contributed by atoms with van der Waals surface area (Å²) in [5.41, 5.74) is 7.56. The smallest absolute Gasteiger partial charge is 0.221 e. The molecular formula is C36H28N2O2. The second-order valence-corrected chi connectivity index (χ2v) is 10.9. The average Bonchev–Trinajstić information content (AvgIpc) is 2.99. The van der Waals surface area contributed by atoms with Gasteiger partial charge in [-0.1, -0.05) is 105 Å². The molecule has 0 radical (unpaired) electrons. The molecule has 194 valence electrons. The fourth-order valence-corrected chi connectivity index (χ4v) is 6.58. The minimum Gasteiger partial charge on any atom is -0.457 e. The zero-order chi connectivity index (χ0) is 27.5. The van der Waals surface area contributed by atoms with Crippen molar-refractivity contribution < 1.29 is 9.47 Å². The van der Waals surface area contributed by atoms with Crippen molar-refractivity contribution in [1.29, 1.82) is 10.8 Å². The number of hydrogen-bond acceptors (Lipinski definition) is 4. The van der Waals surface area contributed by atoms with Crippen LogP contribution in [0, 0.1) is 10.8 Å². The van der Waals surface area contributed by atoms with Gasteiger partial charge in [-0.15, -0.1) is 0 Å². The van der Waals surface area contributed by atoms with Crippen molar-refractivity contribution in [3.8, 4) is 11.5 Å². The fraction of sp³-hybridized carbons (Fsp3) is 0.111. The molecule has 7 rings (SSSR count). The molecule has 1 aliphatic heterocycles. The lowest BCUT2D eigenvalue weighted by Crippen LogP contribution is -2.43. The highest BCUT2D eigenvalue weighted by Crippen LogP contribution is 2.61. The zero-order valence-corrected chi connectivity index (χ0v) is 22.4. The summed E-state index contributed by atoms with van der Waals surface area (Å²) in [4.78, 5) is 0. The van der Waals surface area contributed by atoms with E-state index in [9.17, 15) is 0 Å². The average molecular weight is 521 g/mol. The van der Waals surface area contributed by atoms with E-state index in [0.29, 0.717) is 16.9 Å². The number of hydrogen-bond donors (Lipinski definition) is 2. The maximum Gasteiger partial charge on any atom is 0.221 e. The number of fused-ring (bicyclic) bond motifs is 8. The minimum absolute atomic E-state index is 0.0663. The molecule has 0 bridgehead atoms. The molecule has 5 aromatic carbocycles. The van der Waals surface area contributed by atoms with Crippen LogP contribution < -0.4 is 4.74 Å². The quantitative estimate of drug-likeness (QED) is 0.179. The van der Waals surface area contributed by atoms with Crippen LogP contribution in [0.4, 0.5) is 0 Å². The van der Waals surface area contributed by atoms with Gasteiger partial charge < -0.3 is 9.47 Å². The normalized spacial score (nSPS) is 15.1. The summed E-state index contributed by atoms with van der Waals surface area (Å²) < 4.78 is 12.2. The SMILES string of the molecule is CC1(C)c2ccccc2C2(c3ccccc3Oc3cc(C(=N)OC(=N)c4ccccc4)ccc32)c2ccccc21. The van der Waals surface area contributed by atoms with E-state index in [4.69, 9.17) is 20.3 Å². The lowest BCUT2D eigenvalue weighted by Gasteiger charge is -2.50. The van der Waals surface area contributed by atoms with Crippen LogP contribution in [0.25, 0.3) is 0 Å². The predicted octanol–water partition coefficient (Wildman–Crippen LogP) is 8.18. The Hall–Kier alpha value is -4.96. The summed E-state index contributed by atoms with van der Waals surface area (Å²) in [6.07, 6.45) is 0. The van der Waals surface area contributed by atoms with Gasteiger partial charge >= 0.3 is 0 Å². The molecule has 2 N–H and O–H groups in total. The third kappa shape index (κ3) is 3.32. The van der Waals surface area contributed by atoms with Crippen LogP contribution in [0.15, 0.2) is 121 Å². The number of ether oxygens (including phenoxy) is 2. The van der Waals surface area contributed by atoms with Gasteiger partial charge in [-0.25, -0.2) is 0 Å². The first-order chi connectivity index (χ1) is 19.4. The second kappa shape index (κ2) is 8.78. The van der Waals surface area contributed by atoms with Crippen molar-refractivity contribution in [1.82, 2.24) is 0 Å². The van der Waals surface area contributed by atoms with Gasteiger partial charge in [0.15, 0.2) is 0 Å². The first kappa shape index (κ1) is 24.1. The van der Waals surface area contributed by atoms with Crippen LogP contribution in [0.2, 0.25) is 0 Å². The molecular weight excluding hydrogens is 492 g/mol. The van der Waals surface area contributed by atoms with Crippen LogP contribution in [0.1, 0.15) is 58.4 Å². The van der Waals surface area contributed by atoms with E-state index in [2.05, 4.69) is 80.6 Å². The van der Waals surface area contributed by atoms with Gasteiger partial charge in [0, 0.05) is 27.7 Å². The Kier molecular flexibility index (Phi) is 5.29. The largest absolute Gasteiger partial charge is 0.457 e. The molecule has 4 nitrogen and oxygen atoms in total. The monoisotopic (exact) mass is 520 g/mol. The molecule has 0 unspecified atom stereocenters. The van der Waals surface area contributed by atoms with Crippen LogP contribution >= 0.6 is 0 Å². The first-order valence-corrected chi connectivity index (χ1v) is 13.4. The fourth-order valence-electron chi connectivity index (χ4n) is 6.58. The Balaban J connectivity index is 1.44. The van der Waals surface area contributed by atoms with Crippen molar-refractivity contribution in [2.75, 3.05) is 0 Å². The maximum atomic E-state index is 8.68. The maximum absolute atomic E-state index is 8.68. The van der Waals surface area contributed by atoms with Crippen LogP contribution in [0.5, 0.6) is 11.5 Å². The zero-order valence-electron chi connectivity index (χ0n) is 22.4. The van der Waals surface area contributed by atoms with Gasteiger partial charge in [0.25, 0.3) is 0 Å². The van der Waals surface area contributed by atoms with Crippen molar-refractivity contribution >= 4 is 11.8 Å². The number of rotatable bonds is 2. The highest BCUT2D eigenvalue weighted by molar-refractivity contribution is 6.05. The summed E-state index contributed by atoms with van der Waals surface area (Å²) in [5, 5.41) is 17.0. The summed E-state index contributed by atoms with van der Waals surface area (Å²) in [7, 11) is 0. The van der Waals surface area contributed by atoms with Crippen LogP contribution in [-0.4, -0.2) is 11.8 Å². The van der Waals surface area contributed by atoms with E-state index in [1.54, 1.807) is 12.1 Å². The summed E-state index contributed by atoms with van der Waals surface area (Å²) >= 11 is 0. The van der Waals surface area contributed by atoms with Crippen molar-refractivity contribution in [3.05, 3.63) is 166 Å². The van der Waals surface area contributed by atoms with E-state index in [-0.39, 0.29) is 17.2 Å². The number of para-hydroxylation sites is 1. The summed E-state index contributed by atoms with van der Waals surface area (Å²) in [6.45, 7) is 4.60. The Bertz CT molecular complexity index is 1770. The number of nitrogens with one attached hydrogen (secondary N) is 2. The highest BCUT2D eigenvalue weighted by Gasteiger charge is 2.52. The van der Waals surface area contributed by atoms with Crippen LogP contribution in [0.3, 0.4) is 0 Å². The highest BCUT2D eigenvalue weighted by atomic mass is 16.5. The van der Waals surface area contributed by atoms with Gasteiger partial charge in [-0.3, -0.25) is 10.8 Å². The number of benzene rings is 5. The Morgan fingerprint density at radius 2 is 1.02 bits per heavy atom. The lowest BCUT2D eigenvalue weighted by molar-refractivity contribution is 0.425. The molecule has 1 heterocycles. The Morgan fingerprint density at radius 3 is 1.68 bits per heavy atom. The molecule has 1 spiro atoms. The van der Waals surface area contributed by atoms with Crippen molar-refractivity contribution in [2.45, 2.75) is 24.7 Å². The van der Waals surface area contributed by atoms with Crippen LogP contribution in [-0.2, 0) is 15.6 Å². The Labute approximate surface area is 233 Å². The van der Waals surface area contributed by atoms with E-state index in [1.807, 2.05) is 42.5 Å². The van der Waals surface area contributed by atoms with E-state index >= 15 is 0 Å². The van der Waals surface area contributed by atoms with Gasteiger partial charge in [0.05, 0.1) is 5.41 Å².